The van der Waals surface area contributed by atoms with Gasteiger partial charge < -0.3 is 5.32 Å². The molecule has 5 rings (SSSR count). The molecule has 4 aromatic rings. The molecule has 0 unspecified atom stereocenters. The molecular weight excluding hydrogens is 454 g/mol. The van der Waals surface area contributed by atoms with E-state index in [9.17, 15) is 4.79 Å². The summed E-state index contributed by atoms with van der Waals surface area (Å²) in [4.78, 5) is 17.4. The van der Waals surface area contributed by atoms with Crippen molar-refractivity contribution in [2.45, 2.75) is 19.1 Å². The Labute approximate surface area is 210 Å². The number of carbonyl (C=O) groups is 1. The number of hydrogen-bond donors (Lipinski definition) is 1. The average molecular weight is 484 g/mol. The highest BCUT2D eigenvalue weighted by Crippen LogP contribution is 2.29. The monoisotopic (exact) mass is 483 g/mol. The first-order valence-electron chi connectivity index (χ1n) is 12.0. The molecule has 0 aliphatic carbocycles. The summed E-state index contributed by atoms with van der Waals surface area (Å²) in [6.07, 6.45) is 0. The lowest BCUT2D eigenvalue weighted by molar-refractivity contribution is 0.0949. The zero-order chi connectivity index (χ0) is 23.9. The van der Waals surface area contributed by atoms with Crippen molar-refractivity contribution in [1.29, 1.82) is 0 Å². The molecule has 0 spiro atoms. The minimum absolute atomic E-state index is 0.170. The van der Waals surface area contributed by atoms with Gasteiger partial charge in [0.25, 0.3) is 5.91 Å². The highest BCUT2D eigenvalue weighted by molar-refractivity contribution is 7.13. The van der Waals surface area contributed by atoms with Crippen molar-refractivity contribution in [2.24, 2.45) is 0 Å². The topological polar surface area (TPSA) is 61.4 Å². The van der Waals surface area contributed by atoms with Crippen molar-refractivity contribution >= 4 is 17.2 Å². The average Bonchev–Trinajstić information content (AvgIpc) is 3.39. The van der Waals surface area contributed by atoms with E-state index in [0.717, 1.165) is 43.3 Å². The first-order chi connectivity index (χ1) is 17.3. The molecule has 0 radical (unpaired) electrons. The molecule has 6 nitrogen and oxygen atoms in total. The number of rotatable bonds is 8. The van der Waals surface area contributed by atoms with Gasteiger partial charge in [-0.15, -0.1) is 10.2 Å². The lowest BCUT2D eigenvalue weighted by Crippen LogP contribution is -2.47. The van der Waals surface area contributed by atoms with E-state index >= 15 is 0 Å². The number of nitrogens with one attached hydrogen (secondary N) is 1. The molecule has 1 fully saturated rings. The van der Waals surface area contributed by atoms with Gasteiger partial charge in [-0.3, -0.25) is 14.6 Å². The first-order valence-corrected chi connectivity index (χ1v) is 12.8. The Morgan fingerprint density at radius 2 is 1.37 bits per heavy atom. The van der Waals surface area contributed by atoms with Gasteiger partial charge in [-0.05, 0) is 16.7 Å². The van der Waals surface area contributed by atoms with E-state index < -0.39 is 0 Å². The van der Waals surface area contributed by atoms with E-state index in [4.69, 9.17) is 0 Å². The fourth-order valence-corrected chi connectivity index (χ4v) is 5.32. The van der Waals surface area contributed by atoms with Gasteiger partial charge in [0.15, 0.2) is 0 Å². The zero-order valence-corrected chi connectivity index (χ0v) is 20.4. The largest absolute Gasteiger partial charge is 0.346 e. The van der Waals surface area contributed by atoms with Crippen molar-refractivity contribution in [3.8, 4) is 0 Å². The fraction of sp³-hybridized carbons (Fsp3) is 0.250. The minimum atomic E-state index is -0.170. The Morgan fingerprint density at radius 3 is 1.97 bits per heavy atom. The number of hydrogen-bond acceptors (Lipinski definition) is 6. The van der Waals surface area contributed by atoms with Crippen LogP contribution in [0.1, 0.15) is 37.5 Å². The Morgan fingerprint density at radius 1 is 0.800 bits per heavy atom. The third kappa shape index (κ3) is 6.00. The molecule has 2 heterocycles. The molecule has 178 valence electrons. The Balaban J connectivity index is 1.17. The number of carbonyl (C=O) groups excluding carboxylic acids is 1. The molecule has 1 aromatic heterocycles. The molecule has 0 bridgehead atoms. The van der Waals surface area contributed by atoms with Crippen molar-refractivity contribution in [2.75, 3.05) is 26.2 Å². The second kappa shape index (κ2) is 11.4. The second-order valence-corrected chi connectivity index (χ2v) is 9.77. The SMILES string of the molecule is O=C(NCc1ccccc1)c1nnc(CN2CCN(C(c3ccccc3)c3ccccc3)CC2)s1. The van der Waals surface area contributed by atoms with E-state index in [-0.39, 0.29) is 11.9 Å². The maximum atomic E-state index is 12.5. The van der Waals surface area contributed by atoms with Crippen LogP contribution in [-0.2, 0) is 13.1 Å². The van der Waals surface area contributed by atoms with Crippen molar-refractivity contribution < 1.29 is 4.79 Å². The quantitative estimate of drug-likeness (QED) is 0.403. The normalized spacial score (nSPS) is 14.8. The van der Waals surface area contributed by atoms with Gasteiger partial charge in [0, 0.05) is 32.7 Å². The lowest BCUT2D eigenvalue weighted by Gasteiger charge is -2.39. The molecule has 35 heavy (non-hydrogen) atoms. The number of aromatic nitrogens is 2. The van der Waals surface area contributed by atoms with Crippen LogP contribution >= 0.6 is 11.3 Å². The third-order valence-corrected chi connectivity index (χ3v) is 7.23. The van der Waals surface area contributed by atoms with Gasteiger partial charge in [-0.1, -0.05) is 102 Å². The van der Waals surface area contributed by atoms with Crippen molar-refractivity contribution in [3.05, 3.63) is 118 Å². The van der Waals surface area contributed by atoms with Crippen LogP contribution in [-0.4, -0.2) is 52.1 Å². The highest BCUT2D eigenvalue weighted by Gasteiger charge is 2.27. The molecule has 1 saturated heterocycles. The molecule has 1 aliphatic rings. The van der Waals surface area contributed by atoms with E-state index in [2.05, 4.69) is 86.0 Å². The summed E-state index contributed by atoms with van der Waals surface area (Å²) in [5, 5.41) is 12.7. The maximum absolute atomic E-state index is 12.5. The van der Waals surface area contributed by atoms with Gasteiger partial charge in [0.05, 0.1) is 12.6 Å². The van der Waals surface area contributed by atoms with Gasteiger partial charge in [-0.2, -0.15) is 0 Å². The fourth-order valence-electron chi connectivity index (χ4n) is 4.52. The smallest absolute Gasteiger partial charge is 0.282 e. The van der Waals surface area contributed by atoms with Crippen molar-refractivity contribution in [3.63, 3.8) is 0 Å². The van der Waals surface area contributed by atoms with Crippen LogP contribution in [0.25, 0.3) is 0 Å². The van der Waals surface area contributed by atoms with Crippen LogP contribution in [0.4, 0.5) is 0 Å². The van der Waals surface area contributed by atoms with Gasteiger partial charge in [0.1, 0.15) is 5.01 Å². The summed E-state index contributed by atoms with van der Waals surface area (Å²) in [5.41, 5.74) is 3.71. The summed E-state index contributed by atoms with van der Waals surface area (Å²) in [6.45, 7) is 5.05. The summed E-state index contributed by atoms with van der Waals surface area (Å²) in [7, 11) is 0. The highest BCUT2D eigenvalue weighted by atomic mass is 32.1. The van der Waals surface area contributed by atoms with Crippen LogP contribution in [0.15, 0.2) is 91.0 Å². The molecule has 0 atom stereocenters. The number of nitrogens with zero attached hydrogens (tertiary/aromatic N) is 4. The molecule has 7 heteroatoms. The van der Waals surface area contributed by atoms with E-state index in [1.54, 1.807) is 0 Å². The Kier molecular flexibility index (Phi) is 7.58. The van der Waals surface area contributed by atoms with Crippen molar-refractivity contribution in [1.82, 2.24) is 25.3 Å². The van der Waals surface area contributed by atoms with Gasteiger partial charge in [0.2, 0.25) is 5.01 Å². The molecule has 0 saturated carbocycles. The second-order valence-electron chi connectivity index (χ2n) is 8.71. The first kappa shape index (κ1) is 23.4. The summed E-state index contributed by atoms with van der Waals surface area (Å²) >= 11 is 1.38. The third-order valence-electron chi connectivity index (χ3n) is 6.32. The molecule has 3 aromatic carbocycles. The summed E-state index contributed by atoms with van der Waals surface area (Å²) in [6, 6.07) is 31.6. The van der Waals surface area contributed by atoms with E-state index in [1.807, 2.05) is 30.3 Å². The molecular formula is C28H29N5OS. The zero-order valence-electron chi connectivity index (χ0n) is 19.6. The van der Waals surface area contributed by atoms with Crippen LogP contribution in [0, 0.1) is 0 Å². The maximum Gasteiger partial charge on any atom is 0.282 e. The summed E-state index contributed by atoms with van der Waals surface area (Å²) in [5.74, 6) is -0.170. The van der Waals surface area contributed by atoms with Gasteiger partial charge in [-0.25, -0.2) is 0 Å². The predicted molar refractivity (Wildman–Crippen MR) is 139 cm³/mol. The standard InChI is InChI=1S/C28H29N5OS/c34-27(29-20-22-10-4-1-5-11-22)28-31-30-25(35-28)21-32-16-18-33(19-17-32)26(23-12-6-2-7-13-23)24-14-8-3-9-15-24/h1-15,26H,16-21H2,(H,29,34). The lowest BCUT2D eigenvalue weighted by atomic mass is 9.96. The number of benzene rings is 3. The molecule has 1 amide bonds. The minimum Gasteiger partial charge on any atom is -0.346 e. The van der Waals surface area contributed by atoms with Crippen LogP contribution < -0.4 is 5.32 Å². The predicted octanol–water partition coefficient (Wildman–Crippen LogP) is 4.38. The molecule has 1 aliphatic heterocycles. The number of piperazine rings is 1. The number of amides is 1. The van der Waals surface area contributed by atoms with E-state index in [0.29, 0.717) is 11.6 Å². The Bertz CT molecular complexity index is 1170. The van der Waals surface area contributed by atoms with Crippen LogP contribution in [0.3, 0.4) is 0 Å². The van der Waals surface area contributed by atoms with Crippen LogP contribution in [0.2, 0.25) is 0 Å². The molecule has 1 N–H and O–H groups in total. The van der Waals surface area contributed by atoms with Crippen LogP contribution in [0.5, 0.6) is 0 Å². The Hall–Kier alpha value is -3.39. The van der Waals surface area contributed by atoms with E-state index in [1.165, 1.54) is 22.5 Å². The van der Waals surface area contributed by atoms with Gasteiger partial charge >= 0.3 is 0 Å². The summed E-state index contributed by atoms with van der Waals surface area (Å²) < 4.78 is 0.